The number of alkyl halides is 1. The van der Waals surface area contributed by atoms with Crippen LogP contribution in [0, 0.1) is 0 Å². The summed E-state index contributed by atoms with van der Waals surface area (Å²) in [6.45, 7) is -1.10. The molecule has 0 bridgehead atoms. The maximum Gasteiger partial charge on any atom is 0.342 e. The van der Waals surface area contributed by atoms with Gasteiger partial charge in [-0.2, -0.15) is 0 Å². The zero-order chi connectivity index (χ0) is 10.7. The molecule has 1 rings (SSSR count). The first kappa shape index (κ1) is 10.2. The van der Waals surface area contributed by atoms with Crippen molar-refractivity contribution in [3.8, 4) is 0 Å². The highest BCUT2D eigenvalue weighted by atomic mass is 19.1. The summed E-state index contributed by atoms with van der Waals surface area (Å²) in [6.07, 6.45) is 0.822. The minimum atomic E-state index is -1.46. The van der Waals surface area contributed by atoms with Crippen molar-refractivity contribution in [2.75, 3.05) is 6.67 Å². The highest BCUT2D eigenvalue weighted by Crippen LogP contribution is 1.88. The summed E-state index contributed by atoms with van der Waals surface area (Å²) in [7, 11) is 0. The number of carboxylic acid groups (broad SMARTS) is 1. The number of aromatic nitrogens is 2. The smallest absolute Gasteiger partial charge is 0.342 e. The molecule has 14 heavy (non-hydrogen) atoms. The molecule has 0 radical (unpaired) electrons. The van der Waals surface area contributed by atoms with E-state index in [-0.39, 0.29) is 6.54 Å². The predicted molar refractivity (Wildman–Crippen MR) is 44.3 cm³/mol. The van der Waals surface area contributed by atoms with Crippen LogP contribution in [0.15, 0.2) is 15.8 Å². The van der Waals surface area contributed by atoms with Crippen molar-refractivity contribution in [1.29, 1.82) is 0 Å². The topological polar surface area (TPSA) is 92.2 Å². The van der Waals surface area contributed by atoms with Crippen LogP contribution in [0.2, 0.25) is 0 Å². The van der Waals surface area contributed by atoms with Gasteiger partial charge >= 0.3 is 11.7 Å². The Morgan fingerprint density at radius 2 is 2.21 bits per heavy atom. The Morgan fingerprint density at radius 1 is 1.57 bits per heavy atom. The fraction of sp³-hybridized carbons (Fsp3) is 0.286. The number of rotatable bonds is 3. The molecule has 0 atom stereocenters. The van der Waals surface area contributed by atoms with Gasteiger partial charge < -0.3 is 5.11 Å². The Bertz CT molecular complexity index is 461. The fourth-order valence-corrected chi connectivity index (χ4v) is 0.919. The molecule has 0 saturated carbocycles. The molecule has 1 heterocycles. The van der Waals surface area contributed by atoms with Crippen LogP contribution in [0.4, 0.5) is 4.39 Å². The highest BCUT2D eigenvalue weighted by Gasteiger charge is 2.10. The third-order valence-corrected chi connectivity index (χ3v) is 1.57. The largest absolute Gasteiger partial charge is 0.477 e. The van der Waals surface area contributed by atoms with E-state index in [1.165, 1.54) is 0 Å². The van der Waals surface area contributed by atoms with Gasteiger partial charge in [-0.3, -0.25) is 14.3 Å². The third-order valence-electron chi connectivity index (χ3n) is 1.57. The van der Waals surface area contributed by atoms with Gasteiger partial charge in [-0.25, -0.2) is 14.0 Å². The van der Waals surface area contributed by atoms with Crippen LogP contribution in [-0.2, 0) is 6.54 Å². The normalized spacial score (nSPS) is 10.1. The van der Waals surface area contributed by atoms with Crippen molar-refractivity contribution in [3.63, 3.8) is 0 Å². The predicted octanol–water partition coefficient (Wildman–Crippen LogP) is -0.796. The van der Waals surface area contributed by atoms with Crippen molar-refractivity contribution in [2.45, 2.75) is 6.54 Å². The average Bonchev–Trinajstić information content (AvgIpc) is 2.09. The van der Waals surface area contributed by atoms with Gasteiger partial charge in [-0.05, 0) is 0 Å². The van der Waals surface area contributed by atoms with E-state index in [0.29, 0.717) is 0 Å². The number of halogens is 1. The molecular formula is C7H7FN2O4. The van der Waals surface area contributed by atoms with Crippen LogP contribution in [0.5, 0.6) is 0 Å². The second-order valence-electron chi connectivity index (χ2n) is 2.49. The number of aromatic carboxylic acids is 1. The van der Waals surface area contributed by atoms with E-state index in [1.807, 2.05) is 0 Å². The van der Waals surface area contributed by atoms with Gasteiger partial charge in [0.2, 0.25) is 0 Å². The Labute approximate surface area is 76.6 Å². The van der Waals surface area contributed by atoms with Gasteiger partial charge in [0.25, 0.3) is 5.56 Å². The molecular weight excluding hydrogens is 195 g/mol. The molecule has 0 unspecified atom stereocenters. The summed E-state index contributed by atoms with van der Waals surface area (Å²) in [5, 5.41) is 8.52. The lowest BCUT2D eigenvalue weighted by Crippen LogP contribution is -2.33. The molecule has 0 aliphatic heterocycles. The summed E-state index contributed by atoms with van der Waals surface area (Å²) in [5.74, 6) is -1.46. The molecule has 76 valence electrons. The van der Waals surface area contributed by atoms with Crippen LogP contribution in [0.1, 0.15) is 10.4 Å². The SMILES string of the molecule is O=C(O)c1cn(CCF)c(=O)[nH]c1=O. The molecule has 2 N–H and O–H groups in total. The average molecular weight is 202 g/mol. The second-order valence-corrected chi connectivity index (χ2v) is 2.49. The summed E-state index contributed by atoms with van der Waals surface area (Å²) in [5.41, 5.74) is -2.40. The third kappa shape index (κ3) is 1.87. The molecule has 0 aliphatic carbocycles. The van der Waals surface area contributed by atoms with E-state index in [4.69, 9.17) is 5.11 Å². The molecule has 0 aromatic carbocycles. The highest BCUT2D eigenvalue weighted by molar-refractivity contribution is 5.86. The molecule has 0 spiro atoms. The fourth-order valence-electron chi connectivity index (χ4n) is 0.919. The van der Waals surface area contributed by atoms with Crippen LogP contribution in [0.25, 0.3) is 0 Å². The molecule has 0 saturated heterocycles. The molecule has 6 nitrogen and oxygen atoms in total. The van der Waals surface area contributed by atoms with Crippen molar-refractivity contribution < 1.29 is 14.3 Å². The molecule has 1 aromatic heterocycles. The van der Waals surface area contributed by atoms with Crippen LogP contribution in [0.3, 0.4) is 0 Å². The quantitative estimate of drug-likeness (QED) is 0.671. The minimum Gasteiger partial charge on any atom is -0.477 e. The number of hydrogen-bond donors (Lipinski definition) is 2. The lowest BCUT2D eigenvalue weighted by Gasteiger charge is -2.01. The van der Waals surface area contributed by atoms with Gasteiger partial charge in [0.05, 0.1) is 6.54 Å². The molecule has 0 amide bonds. The molecule has 1 aromatic rings. The maximum atomic E-state index is 11.9. The lowest BCUT2D eigenvalue weighted by molar-refractivity contribution is 0.0693. The number of hydrogen-bond acceptors (Lipinski definition) is 3. The Balaban J connectivity index is 3.35. The summed E-state index contributed by atoms with van der Waals surface area (Å²) >= 11 is 0. The van der Waals surface area contributed by atoms with Gasteiger partial charge in [0.15, 0.2) is 0 Å². The summed E-state index contributed by atoms with van der Waals surface area (Å²) in [4.78, 5) is 34.1. The standard InChI is InChI=1S/C7H7FN2O4/c8-1-2-10-3-4(6(12)13)5(11)9-7(10)14/h3H,1-2H2,(H,12,13)(H,9,11,14). The van der Waals surface area contributed by atoms with E-state index < -0.39 is 29.5 Å². The maximum absolute atomic E-state index is 11.9. The van der Waals surface area contributed by atoms with E-state index in [2.05, 4.69) is 0 Å². The van der Waals surface area contributed by atoms with Crippen molar-refractivity contribution in [1.82, 2.24) is 9.55 Å². The monoisotopic (exact) mass is 202 g/mol. The molecule has 7 heteroatoms. The zero-order valence-electron chi connectivity index (χ0n) is 6.99. The number of aryl methyl sites for hydroxylation is 1. The van der Waals surface area contributed by atoms with Crippen molar-refractivity contribution in [2.24, 2.45) is 0 Å². The van der Waals surface area contributed by atoms with Gasteiger partial charge in [-0.1, -0.05) is 0 Å². The summed E-state index contributed by atoms with van der Waals surface area (Å²) in [6, 6.07) is 0. The first-order valence-electron chi connectivity index (χ1n) is 3.69. The van der Waals surface area contributed by atoms with E-state index >= 15 is 0 Å². The second kappa shape index (κ2) is 3.86. The van der Waals surface area contributed by atoms with Gasteiger partial charge in [0.1, 0.15) is 12.2 Å². The molecule has 0 fully saturated rings. The van der Waals surface area contributed by atoms with Crippen molar-refractivity contribution >= 4 is 5.97 Å². The van der Waals surface area contributed by atoms with Crippen LogP contribution < -0.4 is 11.2 Å². The van der Waals surface area contributed by atoms with Gasteiger partial charge in [0, 0.05) is 6.20 Å². The van der Waals surface area contributed by atoms with E-state index in [9.17, 15) is 18.8 Å². The van der Waals surface area contributed by atoms with Crippen LogP contribution in [-0.4, -0.2) is 27.3 Å². The number of H-pyrrole nitrogens is 1. The molecule has 0 aliphatic rings. The minimum absolute atomic E-state index is 0.282. The van der Waals surface area contributed by atoms with E-state index in [1.54, 1.807) is 4.98 Å². The number of carbonyl (C=O) groups is 1. The first-order valence-corrected chi connectivity index (χ1v) is 3.69. The summed E-state index contributed by atoms with van der Waals surface area (Å²) < 4.78 is 12.7. The number of aromatic amines is 1. The Morgan fingerprint density at radius 3 is 2.71 bits per heavy atom. The first-order chi connectivity index (χ1) is 6.56. The number of nitrogens with one attached hydrogen (secondary N) is 1. The zero-order valence-corrected chi connectivity index (χ0v) is 6.99. The van der Waals surface area contributed by atoms with Gasteiger partial charge in [-0.15, -0.1) is 0 Å². The van der Waals surface area contributed by atoms with Crippen LogP contribution >= 0.6 is 0 Å². The lowest BCUT2D eigenvalue weighted by atomic mass is 10.3. The Hall–Kier alpha value is -1.92. The van der Waals surface area contributed by atoms with Crippen molar-refractivity contribution in [3.05, 3.63) is 32.6 Å². The van der Waals surface area contributed by atoms with E-state index in [0.717, 1.165) is 10.8 Å². The number of nitrogens with zero attached hydrogens (tertiary/aromatic N) is 1. The Kier molecular flexibility index (Phi) is 2.80. The number of carboxylic acids is 1.